The van der Waals surface area contributed by atoms with Crippen molar-refractivity contribution in [3.05, 3.63) is 145 Å². The Bertz CT molecular complexity index is 2350. The molecule has 0 aliphatic rings. The summed E-state index contributed by atoms with van der Waals surface area (Å²) in [6.45, 7) is 8.15. The average Bonchev–Trinajstić information content (AvgIpc) is 3.47. The molecule has 0 unspecified atom stereocenters. The van der Waals surface area contributed by atoms with Crippen molar-refractivity contribution in [1.82, 2.24) is 9.97 Å². The molecule has 0 N–H and O–H groups in total. The fraction of sp³-hybridized carbons (Fsp3) is 0.143. The van der Waals surface area contributed by atoms with E-state index in [1.807, 2.05) is 62.5 Å². The van der Waals surface area contributed by atoms with E-state index in [0.29, 0.717) is 5.92 Å². The standard InChI is InChI=1S/C22H18N.C20H16NO.Ir/c1-15(2)17-11-12-23-22(14-17)19-9-10-21-18(13-19)8-7-16-5-3-4-6-20(16)21;1-13(2)14-10-11-21-18(12-14)17-8-5-7-16-15-6-3-4-9-19(15)22-20(16)17;/h3-8,10-15H,1-2H3;3-7,9-13H,1-2H3;/q2*-1;/i15D;;. The van der Waals surface area contributed by atoms with Gasteiger partial charge in [0.2, 0.25) is 0 Å². The van der Waals surface area contributed by atoms with Crippen molar-refractivity contribution >= 4 is 43.5 Å². The van der Waals surface area contributed by atoms with Crippen LogP contribution in [-0.2, 0) is 20.1 Å². The number of para-hydroxylation sites is 1. The molecule has 1 radical (unpaired) electrons. The third-order valence-corrected chi connectivity index (χ3v) is 8.33. The zero-order chi connectivity index (χ0) is 31.8. The van der Waals surface area contributed by atoms with Gasteiger partial charge in [0.1, 0.15) is 5.58 Å². The predicted octanol–water partition coefficient (Wildman–Crippen LogP) is 11.5. The van der Waals surface area contributed by atoms with E-state index in [-0.39, 0.29) is 20.1 Å². The first-order valence-electron chi connectivity index (χ1n) is 15.8. The Hall–Kier alpha value is -4.63. The molecule has 0 bridgehead atoms. The average molecular weight is 776 g/mol. The molecule has 0 atom stereocenters. The molecule has 0 amide bonds. The van der Waals surface area contributed by atoms with Crippen LogP contribution in [0.2, 0.25) is 0 Å². The predicted molar refractivity (Wildman–Crippen MR) is 187 cm³/mol. The van der Waals surface area contributed by atoms with Crippen LogP contribution in [0.5, 0.6) is 0 Å². The summed E-state index contributed by atoms with van der Waals surface area (Å²) in [5.41, 5.74) is 7.65. The van der Waals surface area contributed by atoms with Gasteiger partial charge in [-0.05, 0) is 46.8 Å². The van der Waals surface area contributed by atoms with Crippen molar-refractivity contribution in [3.63, 3.8) is 0 Å². The maximum Gasteiger partial charge on any atom is 0.120 e. The van der Waals surface area contributed by atoms with Gasteiger partial charge in [-0.2, -0.15) is 0 Å². The molecule has 0 spiro atoms. The molecule has 3 aromatic heterocycles. The summed E-state index contributed by atoms with van der Waals surface area (Å²) in [4.78, 5) is 9.00. The maximum atomic E-state index is 8.22. The third-order valence-electron chi connectivity index (χ3n) is 8.33. The molecule has 8 aromatic rings. The molecule has 0 saturated heterocycles. The van der Waals surface area contributed by atoms with E-state index in [9.17, 15) is 0 Å². The first-order chi connectivity index (χ1) is 22.3. The van der Waals surface area contributed by atoms with Gasteiger partial charge >= 0.3 is 0 Å². The Labute approximate surface area is 285 Å². The minimum atomic E-state index is -0.634. The summed E-state index contributed by atoms with van der Waals surface area (Å²) < 4.78 is 14.3. The zero-order valence-corrected chi connectivity index (χ0v) is 28.7. The van der Waals surface area contributed by atoms with Gasteiger partial charge in [0.25, 0.3) is 0 Å². The molecule has 0 aliphatic carbocycles. The van der Waals surface area contributed by atoms with Crippen molar-refractivity contribution in [3.8, 4) is 22.5 Å². The fourth-order valence-electron chi connectivity index (χ4n) is 5.81. The molecule has 0 aliphatic heterocycles. The molecular weight excluding hydrogens is 741 g/mol. The largest absolute Gasteiger partial charge is 0.501 e. The molecule has 3 nitrogen and oxygen atoms in total. The molecule has 4 heteroatoms. The van der Waals surface area contributed by atoms with Crippen LogP contribution in [0.15, 0.2) is 126 Å². The molecule has 0 fully saturated rings. The van der Waals surface area contributed by atoms with Crippen LogP contribution in [0.3, 0.4) is 0 Å². The number of hydrogen-bond acceptors (Lipinski definition) is 3. The molecular formula is C42H34IrN2O-2. The summed E-state index contributed by atoms with van der Waals surface area (Å²) in [7, 11) is 0. The van der Waals surface area contributed by atoms with Gasteiger partial charge in [-0.25, -0.2) is 0 Å². The molecule has 5 aromatic carbocycles. The number of fused-ring (bicyclic) bond motifs is 6. The van der Waals surface area contributed by atoms with E-state index < -0.39 is 5.89 Å². The summed E-state index contributed by atoms with van der Waals surface area (Å²) >= 11 is 0. The second-order valence-electron chi connectivity index (χ2n) is 11.9. The Balaban J connectivity index is 0.000000161. The minimum Gasteiger partial charge on any atom is -0.501 e. The first-order valence-corrected chi connectivity index (χ1v) is 15.3. The third kappa shape index (κ3) is 6.11. The quantitative estimate of drug-likeness (QED) is 0.132. The van der Waals surface area contributed by atoms with Crippen molar-refractivity contribution in [2.75, 3.05) is 0 Å². The van der Waals surface area contributed by atoms with Crippen LogP contribution in [0, 0.1) is 12.1 Å². The van der Waals surface area contributed by atoms with Crippen LogP contribution in [-0.4, -0.2) is 9.97 Å². The summed E-state index contributed by atoms with van der Waals surface area (Å²) in [5.74, 6) is -0.165. The fourth-order valence-corrected chi connectivity index (χ4v) is 5.81. The van der Waals surface area contributed by atoms with Crippen molar-refractivity contribution in [1.29, 1.82) is 0 Å². The number of benzene rings is 5. The Morgan fingerprint density at radius 1 is 0.652 bits per heavy atom. The Kier molecular flexibility index (Phi) is 8.74. The van der Waals surface area contributed by atoms with E-state index in [0.717, 1.165) is 50.0 Å². The van der Waals surface area contributed by atoms with E-state index in [1.54, 1.807) is 6.20 Å². The molecule has 0 saturated carbocycles. The molecule has 3 heterocycles. The van der Waals surface area contributed by atoms with E-state index in [4.69, 9.17) is 5.79 Å². The summed E-state index contributed by atoms with van der Waals surface area (Å²) in [6, 6.07) is 43.7. The monoisotopic (exact) mass is 776 g/mol. The van der Waals surface area contributed by atoms with E-state index in [1.165, 1.54) is 27.1 Å². The Morgan fingerprint density at radius 2 is 1.35 bits per heavy atom. The Morgan fingerprint density at radius 3 is 2.15 bits per heavy atom. The van der Waals surface area contributed by atoms with Gasteiger partial charge in [0, 0.05) is 39.3 Å². The summed E-state index contributed by atoms with van der Waals surface area (Å²) in [6.07, 6.45) is 3.64. The topological polar surface area (TPSA) is 38.9 Å². The number of hydrogen-bond donors (Lipinski definition) is 0. The van der Waals surface area contributed by atoms with Crippen LogP contribution in [0.1, 0.15) is 52.0 Å². The summed E-state index contributed by atoms with van der Waals surface area (Å²) in [5, 5.41) is 7.11. The van der Waals surface area contributed by atoms with Gasteiger partial charge in [-0.15, -0.1) is 47.3 Å². The SMILES string of the molecule is CC(C)c1ccnc(-c2[c-]ccc3c2oc2ccccc23)c1.[2H]C(C)(C)c1ccnc(-c2[c-]cc3c(ccc4ccccc43)c2)c1.[Ir]. The number of nitrogens with zero attached hydrogens (tertiary/aromatic N) is 2. The first kappa shape index (κ1) is 30.0. The van der Waals surface area contributed by atoms with Crippen LogP contribution < -0.4 is 0 Å². The smallest absolute Gasteiger partial charge is 0.120 e. The number of aromatic nitrogens is 2. The molecule has 46 heavy (non-hydrogen) atoms. The van der Waals surface area contributed by atoms with Gasteiger partial charge in [-0.3, -0.25) is 0 Å². The second kappa shape index (κ2) is 13.4. The van der Waals surface area contributed by atoms with E-state index >= 15 is 0 Å². The van der Waals surface area contributed by atoms with Crippen molar-refractivity contribution in [2.24, 2.45) is 0 Å². The number of furan rings is 1. The zero-order valence-electron chi connectivity index (χ0n) is 27.3. The number of pyridine rings is 2. The van der Waals surface area contributed by atoms with Crippen molar-refractivity contribution < 1.29 is 25.9 Å². The molecule has 229 valence electrons. The maximum absolute atomic E-state index is 8.22. The molecule has 8 rings (SSSR count). The minimum absolute atomic E-state index is 0. The van der Waals surface area contributed by atoms with Crippen LogP contribution >= 0.6 is 0 Å². The van der Waals surface area contributed by atoms with Gasteiger partial charge < -0.3 is 14.4 Å². The van der Waals surface area contributed by atoms with Gasteiger partial charge in [-0.1, -0.05) is 127 Å². The van der Waals surface area contributed by atoms with Crippen molar-refractivity contribution in [2.45, 2.75) is 39.5 Å². The normalized spacial score (nSPS) is 11.8. The number of rotatable bonds is 4. The van der Waals surface area contributed by atoms with Crippen LogP contribution in [0.4, 0.5) is 0 Å². The second-order valence-corrected chi connectivity index (χ2v) is 11.9. The van der Waals surface area contributed by atoms with Gasteiger partial charge in [0.15, 0.2) is 0 Å². The van der Waals surface area contributed by atoms with E-state index in [2.05, 4.69) is 103 Å². The van der Waals surface area contributed by atoms with Gasteiger partial charge in [0.05, 0.1) is 5.58 Å². The van der Waals surface area contributed by atoms with Crippen LogP contribution in [0.25, 0.3) is 66.0 Å².